The molecular weight excluding hydrogens is 384 g/mol. The molecule has 0 spiro atoms. The number of anilines is 1. The Morgan fingerprint density at radius 1 is 1.25 bits per heavy atom. The molecule has 0 aliphatic heterocycles. The van der Waals surface area contributed by atoms with Gasteiger partial charge in [-0.25, -0.2) is 9.78 Å². The van der Waals surface area contributed by atoms with Gasteiger partial charge >= 0.3 is 5.97 Å². The Kier molecular flexibility index (Phi) is 5.61. The second-order valence-corrected chi connectivity index (χ2v) is 6.52. The van der Waals surface area contributed by atoms with Crippen molar-refractivity contribution in [3.05, 3.63) is 69.6 Å². The molecule has 0 unspecified atom stereocenters. The molecule has 3 rings (SSSR count). The van der Waals surface area contributed by atoms with Crippen LogP contribution in [0.1, 0.15) is 5.56 Å². The van der Waals surface area contributed by atoms with Crippen LogP contribution in [0.3, 0.4) is 0 Å². The molecule has 0 radical (unpaired) electrons. The number of aliphatic carboxylic acids is 1. The second-order valence-electron chi connectivity index (χ2n) is 5.66. The van der Waals surface area contributed by atoms with Crippen molar-refractivity contribution in [1.29, 1.82) is 0 Å². The quantitative estimate of drug-likeness (QED) is 0.314. The molecule has 0 fully saturated rings. The van der Waals surface area contributed by atoms with Gasteiger partial charge in [0.25, 0.3) is 5.69 Å². The van der Waals surface area contributed by atoms with Crippen molar-refractivity contribution in [1.82, 2.24) is 4.98 Å². The van der Waals surface area contributed by atoms with Gasteiger partial charge in [0, 0.05) is 29.5 Å². The number of non-ortho nitro benzene ring substituents is 1. The summed E-state index contributed by atoms with van der Waals surface area (Å²) in [5.41, 5.74) is 4.22. The smallest absolute Gasteiger partial charge is 0.352 e. The van der Waals surface area contributed by atoms with Crippen molar-refractivity contribution in [3.63, 3.8) is 0 Å². The van der Waals surface area contributed by atoms with Gasteiger partial charge in [0.05, 0.1) is 10.6 Å². The van der Waals surface area contributed by atoms with Gasteiger partial charge in [-0.15, -0.1) is 11.3 Å². The lowest BCUT2D eigenvalue weighted by molar-refractivity contribution is -0.384. The Bertz CT molecular complexity index is 1050. The lowest BCUT2D eigenvalue weighted by atomic mass is 10.1. The van der Waals surface area contributed by atoms with E-state index in [-0.39, 0.29) is 23.6 Å². The average Bonchev–Trinajstić information content (AvgIpc) is 3.15. The van der Waals surface area contributed by atoms with Crippen LogP contribution in [-0.2, 0) is 11.2 Å². The molecule has 1 aromatic heterocycles. The molecule has 0 amide bonds. The van der Waals surface area contributed by atoms with Gasteiger partial charge in [0.1, 0.15) is 11.5 Å². The normalized spacial score (nSPS) is 11.2. The maximum atomic E-state index is 11.4. The van der Waals surface area contributed by atoms with Gasteiger partial charge in [0.2, 0.25) is 5.13 Å². The summed E-state index contributed by atoms with van der Waals surface area (Å²) in [6.07, 6.45) is 0.0612. The van der Waals surface area contributed by atoms with E-state index >= 15 is 0 Å². The first-order valence-electron chi connectivity index (χ1n) is 7.96. The molecule has 28 heavy (non-hydrogen) atoms. The summed E-state index contributed by atoms with van der Waals surface area (Å²) in [5.74, 6) is -1.09. The van der Waals surface area contributed by atoms with E-state index in [1.54, 1.807) is 29.6 Å². The number of nitrogens with one attached hydrogen (secondary N) is 1. The first-order chi connectivity index (χ1) is 13.4. The third-order valence-corrected chi connectivity index (χ3v) is 4.45. The van der Waals surface area contributed by atoms with Gasteiger partial charge in [-0.3, -0.25) is 15.5 Å². The van der Waals surface area contributed by atoms with Crippen LogP contribution in [-0.4, -0.2) is 31.8 Å². The Hall–Kier alpha value is -3.79. The summed E-state index contributed by atoms with van der Waals surface area (Å²) in [5, 5.41) is 35.5. The van der Waals surface area contributed by atoms with Crippen LogP contribution in [0.4, 0.5) is 10.8 Å². The Morgan fingerprint density at radius 2 is 2.00 bits per heavy atom. The Morgan fingerprint density at radius 3 is 2.68 bits per heavy atom. The molecule has 142 valence electrons. The molecule has 0 bridgehead atoms. The summed E-state index contributed by atoms with van der Waals surface area (Å²) < 4.78 is 0. The van der Waals surface area contributed by atoms with Gasteiger partial charge in [-0.1, -0.05) is 24.3 Å². The number of rotatable bonds is 7. The van der Waals surface area contributed by atoms with Crippen LogP contribution < -0.4 is 5.43 Å². The zero-order valence-corrected chi connectivity index (χ0v) is 15.1. The van der Waals surface area contributed by atoms with Crippen molar-refractivity contribution >= 4 is 33.8 Å². The van der Waals surface area contributed by atoms with Gasteiger partial charge in [-0.05, 0) is 17.7 Å². The number of aromatic hydroxyl groups is 1. The van der Waals surface area contributed by atoms with Crippen molar-refractivity contribution < 1.29 is 19.9 Å². The van der Waals surface area contributed by atoms with Crippen molar-refractivity contribution in [2.24, 2.45) is 5.10 Å². The van der Waals surface area contributed by atoms with Gasteiger partial charge in [0.15, 0.2) is 0 Å². The van der Waals surface area contributed by atoms with Crippen LogP contribution in [0.15, 0.2) is 59.0 Å². The van der Waals surface area contributed by atoms with Crippen LogP contribution >= 0.6 is 11.3 Å². The molecule has 3 N–H and O–H groups in total. The zero-order chi connectivity index (χ0) is 20.1. The van der Waals surface area contributed by atoms with Crippen molar-refractivity contribution in [2.45, 2.75) is 6.42 Å². The van der Waals surface area contributed by atoms with Crippen LogP contribution in [0, 0.1) is 10.1 Å². The summed E-state index contributed by atoms with van der Waals surface area (Å²) in [4.78, 5) is 26.1. The number of benzene rings is 2. The average molecular weight is 398 g/mol. The predicted molar refractivity (Wildman–Crippen MR) is 105 cm³/mol. The van der Waals surface area contributed by atoms with Crippen molar-refractivity contribution in [3.8, 4) is 17.0 Å². The fourth-order valence-corrected chi connectivity index (χ4v) is 2.98. The van der Waals surface area contributed by atoms with Crippen LogP contribution in [0.25, 0.3) is 11.3 Å². The predicted octanol–water partition coefficient (Wildman–Crippen LogP) is 3.52. The number of nitrogens with zero attached hydrogens (tertiary/aromatic N) is 3. The highest BCUT2D eigenvalue weighted by atomic mass is 32.1. The van der Waals surface area contributed by atoms with E-state index in [1.165, 1.54) is 35.6 Å². The van der Waals surface area contributed by atoms with E-state index in [0.717, 1.165) is 0 Å². The molecule has 10 heteroatoms. The minimum absolute atomic E-state index is 0.0416. The maximum Gasteiger partial charge on any atom is 0.352 e. The number of nitro benzene ring substituents is 1. The first-order valence-corrected chi connectivity index (χ1v) is 8.84. The van der Waals surface area contributed by atoms with E-state index in [0.29, 0.717) is 22.0 Å². The van der Waals surface area contributed by atoms with Crippen molar-refractivity contribution in [2.75, 3.05) is 5.43 Å². The fourth-order valence-electron chi connectivity index (χ4n) is 2.32. The molecule has 0 saturated heterocycles. The molecule has 1 heterocycles. The molecular formula is C18H14N4O5S. The van der Waals surface area contributed by atoms with E-state index in [1.807, 2.05) is 0 Å². The zero-order valence-electron chi connectivity index (χ0n) is 14.3. The van der Waals surface area contributed by atoms with E-state index < -0.39 is 10.9 Å². The topological polar surface area (TPSA) is 138 Å². The number of nitro groups is 1. The highest BCUT2D eigenvalue weighted by Crippen LogP contribution is 2.27. The SMILES string of the molecule is O=C(O)/C(Cc1ccc(O)cc1)=N/Nc1nc(-c2cccc([N+](=O)[O-])c2)cs1. The largest absolute Gasteiger partial charge is 0.508 e. The van der Waals surface area contributed by atoms with E-state index in [9.17, 15) is 25.1 Å². The number of carboxylic acid groups (broad SMARTS) is 1. The van der Waals surface area contributed by atoms with Crippen LogP contribution in [0.5, 0.6) is 5.75 Å². The number of hydrogen-bond donors (Lipinski definition) is 3. The number of phenols is 1. The molecule has 0 saturated carbocycles. The summed E-state index contributed by atoms with van der Waals surface area (Å²) in [6.45, 7) is 0. The standard InChI is InChI=1S/C18H14N4O5S/c23-14-6-4-11(5-7-14)8-15(17(24)25)20-21-18-19-16(10-28-18)12-2-1-3-13(9-12)22(26)27/h1-7,9-10,23H,8H2,(H,19,21)(H,24,25)/b20-15+. The summed E-state index contributed by atoms with van der Waals surface area (Å²) >= 11 is 1.20. The third-order valence-electron chi connectivity index (χ3n) is 3.70. The van der Waals surface area contributed by atoms with Gasteiger partial charge in [-0.2, -0.15) is 5.10 Å². The maximum absolute atomic E-state index is 11.4. The van der Waals surface area contributed by atoms with E-state index in [2.05, 4.69) is 15.5 Å². The summed E-state index contributed by atoms with van der Waals surface area (Å²) in [6, 6.07) is 12.2. The first kappa shape index (κ1) is 19.0. The fraction of sp³-hybridized carbons (Fsp3) is 0.0556. The number of carbonyl (C=O) groups is 1. The Balaban J connectivity index is 1.75. The lowest BCUT2D eigenvalue weighted by Gasteiger charge is -2.03. The van der Waals surface area contributed by atoms with Crippen LogP contribution in [0.2, 0.25) is 0 Å². The van der Waals surface area contributed by atoms with Gasteiger partial charge < -0.3 is 10.2 Å². The molecule has 0 atom stereocenters. The molecule has 3 aromatic rings. The minimum atomic E-state index is -1.18. The number of carboxylic acids is 1. The number of hydrazone groups is 1. The minimum Gasteiger partial charge on any atom is -0.508 e. The lowest BCUT2D eigenvalue weighted by Crippen LogP contribution is -2.17. The Labute approximate surface area is 162 Å². The molecule has 9 nitrogen and oxygen atoms in total. The van der Waals surface area contributed by atoms with E-state index in [4.69, 9.17) is 0 Å². The number of thiazole rings is 1. The molecule has 0 aliphatic carbocycles. The number of hydrogen-bond acceptors (Lipinski definition) is 8. The summed E-state index contributed by atoms with van der Waals surface area (Å²) in [7, 11) is 0. The second kappa shape index (κ2) is 8.27. The monoisotopic (exact) mass is 398 g/mol. The number of phenolic OH excluding ortho intramolecular Hbond substituents is 1. The highest BCUT2D eigenvalue weighted by Gasteiger charge is 2.13. The number of aromatic nitrogens is 1. The highest BCUT2D eigenvalue weighted by molar-refractivity contribution is 7.14. The molecule has 2 aromatic carbocycles. The molecule has 0 aliphatic rings. The third kappa shape index (κ3) is 4.68.